The maximum Gasteiger partial charge on any atom is 0.410 e. The number of hydrogen-bond donors (Lipinski definition) is 8. The molecule has 0 saturated carbocycles. The van der Waals surface area contributed by atoms with Gasteiger partial charge in [0.05, 0.1) is 48.8 Å². The number of ether oxygens (including phenoxy) is 3. The van der Waals surface area contributed by atoms with Gasteiger partial charge in [-0.05, 0) is 111 Å². The number of amides is 10. The largest absolute Gasteiger partial charge is 0.445 e. The van der Waals surface area contributed by atoms with Gasteiger partial charge in [-0.3, -0.25) is 43.4 Å². The van der Waals surface area contributed by atoms with Gasteiger partial charge in [0.15, 0.2) is 0 Å². The molecule has 4 rings (SSSR count). The fraction of sp³-hybridized carbons (Fsp3) is 0.594. The topological polar surface area (TPSA) is 322 Å². The van der Waals surface area contributed by atoms with Gasteiger partial charge in [-0.2, -0.15) is 0 Å². The number of primary amides is 1. The maximum absolute atomic E-state index is 14.8. The second kappa shape index (κ2) is 37.7. The summed E-state index contributed by atoms with van der Waals surface area (Å²) in [5.74, 6) is -5.13. The second-order valence-corrected chi connectivity index (χ2v) is 25.5. The maximum atomic E-state index is 14.8. The zero-order valence-electron chi connectivity index (χ0n) is 57.3. The van der Waals surface area contributed by atoms with Crippen molar-refractivity contribution >= 4 is 65.2 Å². The molecule has 1 aliphatic rings. The number of aromatic nitrogens is 1. The van der Waals surface area contributed by atoms with Crippen LogP contribution in [0.4, 0.5) is 15.3 Å². The summed E-state index contributed by atoms with van der Waals surface area (Å²) in [6.07, 6.45) is 1.11. The Morgan fingerprint density at radius 1 is 0.796 bits per heavy atom. The van der Waals surface area contributed by atoms with Gasteiger partial charge < -0.3 is 66.8 Å². The number of likely N-dealkylation sites (N-methyl/N-ethyl adjacent to an activating group) is 2. The molecule has 24 nitrogen and oxygen atoms in total. The summed E-state index contributed by atoms with van der Waals surface area (Å²) < 4.78 is 17.8. The number of benzene rings is 2. The van der Waals surface area contributed by atoms with E-state index in [-0.39, 0.29) is 68.4 Å². The number of nitrogens with two attached hydrogens (primary N) is 1. The Balaban J connectivity index is 1.40. The minimum absolute atomic E-state index is 0.0649. The van der Waals surface area contributed by atoms with Crippen molar-refractivity contribution in [3.05, 3.63) is 101 Å². The van der Waals surface area contributed by atoms with Gasteiger partial charge in [0.2, 0.25) is 41.4 Å². The minimum atomic E-state index is -1.09. The average molecular weight is 1300 g/mol. The molecule has 1 saturated heterocycles. The molecule has 3 aromatic rings. The lowest BCUT2D eigenvalue weighted by Gasteiger charge is -2.41. The third kappa shape index (κ3) is 22.9. The molecule has 0 radical (unpaired) electrons. The average Bonchev–Trinajstić information content (AvgIpc) is 1.82. The molecule has 12 atom stereocenters. The van der Waals surface area contributed by atoms with Gasteiger partial charge in [0.25, 0.3) is 0 Å². The number of methoxy groups -OCH3 is 2. The number of aliphatic hydroxyl groups excluding tert-OH is 1. The van der Waals surface area contributed by atoms with E-state index < -0.39 is 114 Å². The van der Waals surface area contributed by atoms with E-state index in [0.717, 1.165) is 11.3 Å². The van der Waals surface area contributed by atoms with Gasteiger partial charge in [-0.15, -0.1) is 0 Å². The molecule has 9 N–H and O–H groups in total. The molecule has 0 aliphatic carbocycles. The summed E-state index contributed by atoms with van der Waals surface area (Å²) in [6.45, 7) is 24.2. The highest BCUT2D eigenvalue weighted by Gasteiger charge is 2.44. The molecular weight excluding hydrogens is 1190 g/mol. The summed E-state index contributed by atoms with van der Waals surface area (Å²) in [4.78, 5) is 132. The number of carbonyl (C=O) groups excluding carboxylic acids is 9. The lowest BCUT2D eigenvalue weighted by molar-refractivity contribution is -0.148. The van der Waals surface area contributed by atoms with Crippen LogP contribution in [0.5, 0.6) is 0 Å². The fourth-order valence-corrected chi connectivity index (χ4v) is 11.9. The summed E-state index contributed by atoms with van der Waals surface area (Å²) in [7, 11) is 6.10. The molecular formula is C69H105N11O13. The molecule has 0 bridgehead atoms. The smallest absolute Gasteiger partial charge is 0.410 e. The van der Waals surface area contributed by atoms with Crippen LogP contribution in [0.3, 0.4) is 0 Å². The van der Waals surface area contributed by atoms with E-state index in [0.29, 0.717) is 54.7 Å². The molecule has 0 spiro atoms. The molecule has 93 heavy (non-hydrogen) atoms. The lowest BCUT2D eigenvalue weighted by Crippen LogP contribution is -2.60. The van der Waals surface area contributed by atoms with Crippen molar-refractivity contribution in [1.29, 1.82) is 0 Å². The van der Waals surface area contributed by atoms with Crippen molar-refractivity contribution in [1.82, 2.24) is 46.3 Å². The Morgan fingerprint density at radius 3 is 2.03 bits per heavy atom. The van der Waals surface area contributed by atoms with E-state index in [1.54, 1.807) is 115 Å². The molecule has 1 aliphatic heterocycles. The van der Waals surface area contributed by atoms with Crippen molar-refractivity contribution in [2.75, 3.05) is 46.7 Å². The van der Waals surface area contributed by atoms with Crippen LogP contribution in [0.25, 0.3) is 6.08 Å². The normalized spacial score (nSPS) is 16.6. The van der Waals surface area contributed by atoms with Gasteiger partial charge in [-0.25, -0.2) is 9.59 Å². The van der Waals surface area contributed by atoms with Gasteiger partial charge >= 0.3 is 12.1 Å². The van der Waals surface area contributed by atoms with Crippen LogP contribution in [-0.2, 0) is 60.8 Å². The number of aliphatic hydroxyl groups is 1. The SMILES string of the molecule is C=Cc1cc(C)nc(CCC(=O)N[C@H](C(=O)N[C@@H](CCCNC(N)=O)C(=O)Nc2ccc(COC(=O)N(C)[C@H](C(=O)N[C@H](C(=O)N(C)C([C@@H](C)CC)[C@@H](CC(=O)N3CCC[C@H]3[C@H](OC)[C@@H](C)C(=O)N[C@H](C)[C@@H](O)c3ccccc3)OC)C(C)C)C(C)C)cc2)C(C)C)c1. The van der Waals surface area contributed by atoms with Crippen LogP contribution in [0.15, 0.2) is 73.3 Å². The number of hydrogen-bond acceptors (Lipinski definition) is 14. The predicted octanol–water partition coefficient (Wildman–Crippen LogP) is 6.57. The quantitative estimate of drug-likeness (QED) is 0.0286. The van der Waals surface area contributed by atoms with Crippen molar-refractivity contribution in [3.8, 4) is 0 Å². The second-order valence-electron chi connectivity index (χ2n) is 25.5. The van der Waals surface area contributed by atoms with Gasteiger partial charge in [-0.1, -0.05) is 124 Å². The number of likely N-dealkylation sites (tertiary alicyclic amines) is 1. The van der Waals surface area contributed by atoms with Gasteiger partial charge in [0, 0.05) is 64.9 Å². The molecule has 24 heteroatoms. The first-order valence-corrected chi connectivity index (χ1v) is 32.5. The zero-order chi connectivity index (χ0) is 69.4. The Bertz CT molecular complexity index is 2970. The molecule has 1 unspecified atom stereocenters. The number of aryl methyl sites for hydroxylation is 2. The first-order valence-electron chi connectivity index (χ1n) is 32.5. The third-order valence-corrected chi connectivity index (χ3v) is 17.4. The number of rotatable bonds is 36. The minimum Gasteiger partial charge on any atom is -0.445 e. The van der Waals surface area contributed by atoms with Crippen LogP contribution in [-0.4, -0.2) is 174 Å². The molecule has 2 aromatic carbocycles. The summed E-state index contributed by atoms with van der Waals surface area (Å²) in [6, 6.07) is 12.6. The zero-order valence-corrected chi connectivity index (χ0v) is 57.3. The Kier molecular flexibility index (Phi) is 31.4. The highest BCUT2D eigenvalue weighted by molar-refractivity contribution is 5.98. The molecule has 2 heterocycles. The lowest BCUT2D eigenvalue weighted by atomic mass is 9.89. The van der Waals surface area contributed by atoms with Crippen molar-refractivity contribution < 1.29 is 62.5 Å². The van der Waals surface area contributed by atoms with E-state index in [1.807, 2.05) is 51.1 Å². The molecule has 10 amide bonds. The van der Waals surface area contributed by atoms with Crippen LogP contribution in [0.2, 0.25) is 0 Å². The number of urea groups is 1. The van der Waals surface area contributed by atoms with Gasteiger partial charge in [0.1, 0.15) is 30.8 Å². The summed E-state index contributed by atoms with van der Waals surface area (Å²) in [5.41, 5.74) is 9.19. The number of pyridine rings is 1. The highest BCUT2D eigenvalue weighted by Crippen LogP contribution is 2.31. The van der Waals surface area contributed by atoms with Crippen LogP contribution in [0.1, 0.15) is 148 Å². The Labute approximate surface area is 550 Å². The summed E-state index contributed by atoms with van der Waals surface area (Å²) in [5, 5.41) is 27.7. The number of carbonyl (C=O) groups is 9. The molecule has 514 valence electrons. The predicted molar refractivity (Wildman–Crippen MR) is 356 cm³/mol. The molecule has 1 fully saturated rings. The standard InChI is InChI=1S/C69H105N11O13/c1-17-43(9)60(54(91-15)38-56(82)80-35-23-27-53(80)62(92-16)45(11)63(84)73-46(12)61(83)49-24-20-19-21-25-49)78(13)67(88)58(41(5)6)77-66(87)59(42(7)8)79(14)69(90)93-39-48-28-30-50(31-29-48)74-64(85)52(26-22-34-71-68(70)89)75-65(86)57(40(3)4)76-55(81)33-32-51-37-47(18-2)36-44(10)72-51/h18-21,24-25,28-31,36-37,40-43,45-46,52-54,57-62,83H,2,17,22-23,26-27,32-35,38-39H2,1,3-16H3,(H,73,84)(H,74,85)(H,75,86)(H,76,81)(H,77,87)(H3,70,71,89)/t43-,45+,46+,52-,53-,54+,57-,58-,59-,60?,61+,62+/m0/s1. The van der Waals surface area contributed by atoms with E-state index in [4.69, 9.17) is 19.9 Å². The fourth-order valence-electron chi connectivity index (χ4n) is 11.9. The summed E-state index contributed by atoms with van der Waals surface area (Å²) >= 11 is 0. The monoisotopic (exact) mass is 1300 g/mol. The first-order chi connectivity index (χ1) is 44.0. The highest BCUT2D eigenvalue weighted by atomic mass is 16.6. The van der Waals surface area contributed by atoms with Crippen molar-refractivity contribution in [3.63, 3.8) is 0 Å². The number of nitrogens with one attached hydrogen (secondary N) is 6. The van der Waals surface area contributed by atoms with E-state index in [1.165, 1.54) is 26.2 Å². The number of anilines is 1. The third-order valence-electron chi connectivity index (χ3n) is 17.4. The number of nitrogens with zero attached hydrogens (tertiary/aromatic N) is 4. The van der Waals surface area contributed by atoms with E-state index in [9.17, 15) is 48.3 Å². The van der Waals surface area contributed by atoms with Crippen molar-refractivity contribution in [2.24, 2.45) is 35.3 Å². The Hall–Kier alpha value is -7.96. The van der Waals surface area contributed by atoms with Crippen molar-refractivity contribution in [2.45, 2.75) is 195 Å². The van der Waals surface area contributed by atoms with Crippen LogP contribution < -0.4 is 37.6 Å². The molecule has 1 aromatic heterocycles. The Morgan fingerprint density at radius 2 is 1.45 bits per heavy atom. The van der Waals surface area contributed by atoms with E-state index >= 15 is 0 Å². The van der Waals surface area contributed by atoms with Crippen LogP contribution in [0, 0.1) is 36.5 Å². The van der Waals surface area contributed by atoms with E-state index in [2.05, 4.69) is 43.5 Å². The first kappa shape index (κ1) is 77.5. The van der Waals surface area contributed by atoms with Crippen LogP contribution >= 0.6 is 0 Å².